The number of aryl methyl sites for hydroxylation is 2. The lowest BCUT2D eigenvalue weighted by Gasteiger charge is -2.08. The summed E-state index contributed by atoms with van der Waals surface area (Å²) in [5.41, 5.74) is 8.51. The van der Waals surface area contributed by atoms with Crippen molar-refractivity contribution in [3.8, 4) is 17.1 Å². The van der Waals surface area contributed by atoms with E-state index in [-0.39, 0.29) is 0 Å². The van der Waals surface area contributed by atoms with Crippen molar-refractivity contribution in [2.24, 2.45) is 5.73 Å². The van der Waals surface area contributed by atoms with Gasteiger partial charge in [0.1, 0.15) is 5.75 Å². The Hall–Kier alpha value is -1.88. The summed E-state index contributed by atoms with van der Waals surface area (Å²) < 4.78 is 10.4. The Balaban J connectivity index is 2.40. The molecule has 0 fully saturated rings. The number of methoxy groups -OCH3 is 1. The SMILES string of the molecule is COc1cc(C)c(-c2noc(CCN)n2)cc1C. The van der Waals surface area contributed by atoms with Gasteiger partial charge in [-0.25, -0.2) is 0 Å². The lowest BCUT2D eigenvalue weighted by atomic mass is 10.0. The average molecular weight is 247 g/mol. The molecule has 5 heteroatoms. The molecule has 0 aliphatic rings. The van der Waals surface area contributed by atoms with Gasteiger partial charge in [-0.05, 0) is 37.1 Å². The molecule has 96 valence electrons. The van der Waals surface area contributed by atoms with Crippen LogP contribution in [0.2, 0.25) is 0 Å². The molecule has 2 aromatic rings. The fraction of sp³-hybridized carbons (Fsp3) is 0.385. The van der Waals surface area contributed by atoms with Crippen LogP contribution in [0.1, 0.15) is 17.0 Å². The van der Waals surface area contributed by atoms with Crippen molar-refractivity contribution in [1.29, 1.82) is 0 Å². The average Bonchev–Trinajstić information content (AvgIpc) is 2.80. The van der Waals surface area contributed by atoms with Crippen LogP contribution in [0, 0.1) is 13.8 Å². The van der Waals surface area contributed by atoms with Crippen LogP contribution in [0.4, 0.5) is 0 Å². The minimum atomic E-state index is 0.502. The molecule has 0 saturated carbocycles. The molecule has 0 atom stereocenters. The second kappa shape index (κ2) is 5.18. The topological polar surface area (TPSA) is 74.2 Å². The first-order valence-electron chi connectivity index (χ1n) is 5.84. The van der Waals surface area contributed by atoms with Gasteiger partial charge in [-0.2, -0.15) is 4.98 Å². The Morgan fingerprint density at radius 1 is 1.28 bits per heavy atom. The highest BCUT2D eigenvalue weighted by Gasteiger charge is 2.12. The van der Waals surface area contributed by atoms with Crippen molar-refractivity contribution in [3.63, 3.8) is 0 Å². The molecule has 0 aliphatic carbocycles. The molecule has 1 aromatic carbocycles. The number of nitrogens with zero attached hydrogens (tertiary/aromatic N) is 2. The van der Waals surface area contributed by atoms with Crippen LogP contribution in [0.25, 0.3) is 11.4 Å². The molecule has 1 aromatic heterocycles. The number of nitrogens with two attached hydrogens (primary N) is 1. The number of benzene rings is 1. The summed E-state index contributed by atoms with van der Waals surface area (Å²) >= 11 is 0. The van der Waals surface area contributed by atoms with E-state index in [0.717, 1.165) is 22.4 Å². The summed E-state index contributed by atoms with van der Waals surface area (Å²) in [6.45, 7) is 4.49. The molecule has 0 radical (unpaired) electrons. The molecular weight excluding hydrogens is 230 g/mol. The third kappa shape index (κ3) is 2.36. The van der Waals surface area contributed by atoms with Gasteiger partial charge >= 0.3 is 0 Å². The second-order valence-corrected chi connectivity index (χ2v) is 4.19. The van der Waals surface area contributed by atoms with Gasteiger partial charge < -0.3 is 15.0 Å². The summed E-state index contributed by atoms with van der Waals surface area (Å²) in [7, 11) is 1.66. The molecule has 0 aliphatic heterocycles. The van der Waals surface area contributed by atoms with Crippen LogP contribution >= 0.6 is 0 Å². The quantitative estimate of drug-likeness (QED) is 0.892. The van der Waals surface area contributed by atoms with E-state index >= 15 is 0 Å². The smallest absolute Gasteiger partial charge is 0.228 e. The zero-order valence-corrected chi connectivity index (χ0v) is 10.9. The predicted octanol–water partition coefficient (Wildman–Crippen LogP) is 1.86. The van der Waals surface area contributed by atoms with E-state index in [9.17, 15) is 0 Å². The zero-order valence-electron chi connectivity index (χ0n) is 10.9. The molecular formula is C13H17N3O2. The van der Waals surface area contributed by atoms with E-state index < -0.39 is 0 Å². The number of aromatic nitrogens is 2. The minimum Gasteiger partial charge on any atom is -0.496 e. The second-order valence-electron chi connectivity index (χ2n) is 4.19. The Labute approximate surface area is 106 Å². The summed E-state index contributed by atoms with van der Waals surface area (Å²) in [6.07, 6.45) is 0.598. The van der Waals surface area contributed by atoms with Crippen LogP contribution in [0.3, 0.4) is 0 Å². The molecule has 5 nitrogen and oxygen atoms in total. The van der Waals surface area contributed by atoms with E-state index in [0.29, 0.717) is 24.7 Å². The summed E-state index contributed by atoms with van der Waals surface area (Å²) in [5, 5.41) is 3.98. The van der Waals surface area contributed by atoms with Crippen molar-refractivity contribution in [2.75, 3.05) is 13.7 Å². The minimum absolute atomic E-state index is 0.502. The Kier molecular flexibility index (Phi) is 3.62. The predicted molar refractivity (Wildman–Crippen MR) is 68.5 cm³/mol. The van der Waals surface area contributed by atoms with Gasteiger partial charge in [0.25, 0.3) is 0 Å². The van der Waals surface area contributed by atoms with Gasteiger partial charge in [-0.1, -0.05) is 5.16 Å². The number of ether oxygens (including phenoxy) is 1. The largest absolute Gasteiger partial charge is 0.496 e. The first kappa shape index (κ1) is 12.6. The Bertz CT molecular complexity index is 549. The molecule has 18 heavy (non-hydrogen) atoms. The highest BCUT2D eigenvalue weighted by molar-refractivity contribution is 5.63. The highest BCUT2D eigenvalue weighted by Crippen LogP contribution is 2.28. The van der Waals surface area contributed by atoms with Crippen molar-refractivity contribution < 1.29 is 9.26 Å². The molecule has 2 rings (SSSR count). The first-order chi connectivity index (χ1) is 8.65. The van der Waals surface area contributed by atoms with Crippen LogP contribution in [0.5, 0.6) is 5.75 Å². The molecule has 0 bridgehead atoms. The Morgan fingerprint density at radius 2 is 2.06 bits per heavy atom. The summed E-state index contributed by atoms with van der Waals surface area (Å²) in [4.78, 5) is 4.33. The lowest BCUT2D eigenvalue weighted by molar-refractivity contribution is 0.380. The van der Waals surface area contributed by atoms with E-state index in [4.69, 9.17) is 15.0 Å². The Morgan fingerprint density at radius 3 is 2.72 bits per heavy atom. The molecule has 1 heterocycles. The van der Waals surface area contributed by atoms with Crippen LogP contribution in [0.15, 0.2) is 16.7 Å². The number of hydrogen-bond acceptors (Lipinski definition) is 5. The van der Waals surface area contributed by atoms with Crippen molar-refractivity contribution >= 4 is 0 Å². The summed E-state index contributed by atoms with van der Waals surface area (Å²) in [5.74, 6) is 2.03. The van der Waals surface area contributed by atoms with E-state index in [1.165, 1.54) is 0 Å². The van der Waals surface area contributed by atoms with Gasteiger partial charge in [0.05, 0.1) is 7.11 Å². The van der Waals surface area contributed by atoms with Crippen molar-refractivity contribution in [2.45, 2.75) is 20.3 Å². The van der Waals surface area contributed by atoms with Gasteiger partial charge in [0.2, 0.25) is 11.7 Å². The molecule has 0 unspecified atom stereocenters. The monoisotopic (exact) mass is 247 g/mol. The third-order valence-corrected chi connectivity index (χ3v) is 2.81. The zero-order chi connectivity index (χ0) is 13.1. The number of rotatable bonds is 4. The lowest BCUT2D eigenvalue weighted by Crippen LogP contribution is -2.02. The van der Waals surface area contributed by atoms with E-state index in [1.807, 2.05) is 26.0 Å². The maximum absolute atomic E-state index is 5.46. The molecule has 0 saturated heterocycles. The van der Waals surface area contributed by atoms with Gasteiger partial charge in [0, 0.05) is 18.5 Å². The standard InChI is InChI=1S/C13H17N3O2/c1-8-7-11(17-3)9(2)6-10(8)13-15-12(4-5-14)18-16-13/h6-7H,4-5,14H2,1-3H3. The fourth-order valence-corrected chi connectivity index (χ4v) is 1.84. The normalized spacial score (nSPS) is 10.7. The highest BCUT2D eigenvalue weighted by atomic mass is 16.5. The van der Waals surface area contributed by atoms with Crippen molar-refractivity contribution in [1.82, 2.24) is 10.1 Å². The molecule has 2 N–H and O–H groups in total. The third-order valence-electron chi connectivity index (χ3n) is 2.81. The van der Waals surface area contributed by atoms with Crippen molar-refractivity contribution in [3.05, 3.63) is 29.2 Å². The van der Waals surface area contributed by atoms with Gasteiger partial charge in [-0.15, -0.1) is 0 Å². The van der Waals surface area contributed by atoms with Crippen LogP contribution in [-0.2, 0) is 6.42 Å². The van der Waals surface area contributed by atoms with E-state index in [1.54, 1.807) is 7.11 Å². The van der Waals surface area contributed by atoms with Gasteiger partial charge in [-0.3, -0.25) is 0 Å². The summed E-state index contributed by atoms with van der Waals surface area (Å²) in [6, 6.07) is 3.98. The number of hydrogen-bond donors (Lipinski definition) is 1. The fourth-order valence-electron chi connectivity index (χ4n) is 1.84. The van der Waals surface area contributed by atoms with Gasteiger partial charge in [0.15, 0.2) is 0 Å². The molecule has 0 spiro atoms. The maximum atomic E-state index is 5.46. The van der Waals surface area contributed by atoms with Crippen LogP contribution < -0.4 is 10.5 Å². The maximum Gasteiger partial charge on any atom is 0.228 e. The molecule has 0 amide bonds. The first-order valence-corrected chi connectivity index (χ1v) is 5.84. The van der Waals surface area contributed by atoms with E-state index in [2.05, 4.69) is 10.1 Å². The van der Waals surface area contributed by atoms with Crippen LogP contribution in [-0.4, -0.2) is 23.8 Å².